The van der Waals surface area contributed by atoms with Gasteiger partial charge in [0.15, 0.2) is 5.96 Å². The first-order valence-electron chi connectivity index (χ1n) is 8.92. The van der Waals surface area contributed by atoms with Gasteiger partial charge in [0.25, 0.3) is 0 Å². The normalized spacial score (nSPS) is 14.1. The van der Waals surface area contributed by atoms with Crippen LogP contribution in [0.2, 0.25) is 0 Å². The van der Waals surface area contributed by atoms with Crippen LogP contribution in [0.3, 0.4) is 0 Å². The SMILES string of the molecule is CN(C)C(=NCc1ccnc(N2CCCC2)c1)NCc1ccccc1.I. The van der Waals surface area contributed by atoms with E-state index in [1.165, 1.54) is 24.0 Å². The molecule has 2 heterocycles. The minimum atomic E-state index is 0. The van der Waals surface area contributed by atoms with E-state index in [1.807, 2.05) is 37.3 Å². The van der Waals surface area contributed by atoms with Gasteiger partial charge in [0.2, 0.25) is 0 Å². The summed E-state index contributed by atoms with van der Waals surface area (Å²) >= 11 is 0. The van der Waals surface area contributed by atoms with E-state index in [0.29, 0.717) is 6.54 Å². The number of nitrogens with one attached hydrogen (secondary N) is 1. The number of anilines is 1. The lowest BCUT2D eigenvalue weighted by Crippen LogP contribution is -2.36. The average molecular weight is 465 g/mol. The van der Waals surface area contributed by atoms with Gasteiger partial charge in [-0.3, -0.25) is 0 Å². The fourth-order valence-electron chi connectivity index (χ4n) is 2.98. The summed E-state index contributed by atoms with van der Waals surface area (Å²) in [5, 5.41) is 3.43. The molecule has 26 heavy (non-hydrogen) atoms. The first-order chi connectivity index (χ1) is 12.2. The second-order valence-corrected chi connectivity index (χ2v) is 6.59. The third kappa shape index (κ3) is 5.86. The first-order valence-corrected chi connectivity index (χ1v) is 8.92. The first kappa shape index (κ1) is 20.5. The standard InChI is InChI=1S/C20H27N5.HI/c1-24(2)20(22-15-17-8-4-3-5-9-17)23-16-18-10-11-21-19(14-18)25-12-6-7-13-25;/h3-5,8-11,14H,6-7,12-13,15-16H2,1-2H3,(H,22,23);1H. The van der Waals surface area contributed by atoms with Crippen LogP contribution in [0.4, 0.5) is 5.82 Å². The molecule has 6 heteroatoms. The zero-order valence-electron chi connectivity index (χ0n) is 15.6. The maximum atomic E-state index is 4.76. The monoisotopic (exact) mass is 465 g/mol. The fourth-order valence-corrected chi connectivity index (χ4v) is 2.98. The summed E-state index contributed by atoms with van der Waals surface area (Å²) in [6.07, 6.45) is 4.42. The van der Waals surface area contributed by atoms with Crippen LogP contribution < -0.4 is 10.2 Å². The second kappa shape index (κ2) is 10.4. The molecule has 0 unspecified atom stereocenters. The highest BCUT2D eigenvalue weighted by atomic mass is 127. The lowest BCUT2D eigenvalue weighted by molar-refractivity contribution is 0.578. The number of hydrogen-bond acceptors (Lipinski definition) is 3. The summed E-state index contributed by atoms with van der Waals surface area (Å²) in [5.41, 5.74) is 2.44. The number of pyridine rings is 1. The summed E-state index contributed by atoms with van der Waals surface area (Å²) in [6.45, 7) is 3.65. The number of rotatable bonds is 5. The van der Waals surface area contributed by atoms with Crippen molar-refractivity contribution >= 4 is 35.8 Å². The van der Waals surface area contributed by atoms with Gasteiger partial charge >= 0.3 is 0 Å². The van der Waals surface area contributed by atoms with Gasteiger partial charge < -0.3 is 15.1 Å². The summed E-state index contributed by atoms with van der Waals surface area (Å²) < 4.78 is 0. The lowest BCUT2D eigenvalue weighted by atomic mass is 10.2. The Morgan fingerprint density at radius 3 is 2.54 bits per heavy atom. The van der Waals surface area contributed by atoms with Gasteiger partial charge in [0, 0.05) is 39.9 Å². The molecular weight excluding hydrogens is 437 g/mol. The van der Waals surface area contributed by atoms with Gasteiger partial charge in [0.1, 0.15) is 5.82 Å². The third-order valence-corrected chi connectivity index (χ3v) is 4.37. The molecule has 5 nitrogen and oxygen atoms in total. The molecule has 0 bridgehead atoms. The molecule has 0 spiro atoms. The summed E-state index contributed by atoms with van der Waals surface area (Å²) in [5.74, 6) is 1.97. The van der Waals surface area contributed by atoms with Gasteiger partial charge in [-0.1, -0.05) is 30.3 Å². The van der Waals surface area contributed by atoms with Crippen molar-refractivity contribution in [2.45, 2.75) is 25.9 Å². The second-order valence-electron chi connectivity index (χ2n) is 6.59. The van der Waals surface area contributed by atoms with Crippen LogP contribution in [0.1, 0.15) is 24.0 Å². The molecular formula is C20H28IN5. The Hall–Kier alpha value is -1.83. The Labute approximate surface area is 173 Å². The van der Waals surface area contributed by atoms with Gasteiger partial charge in [-0.15, -0.1) is 24.0 Å². The summed E-state index contributed by atoms with van der Waals surface area (Å²) in [4.78, 5) is 13.6. The van der Waals surface area contributed by atoms with Gasteiger partial charge in [-0.05, 0) is 36.1 Å². The largest absolute Gasteiger partial charge is 0.357 e. The maximum absolute atomic E-state index is 4.76. The number of nitrogens with zero attached hydrogens (tertiary/aromatic N) is 4. The van der Waals surface area contributed by atoms with E-state index in [2.05, 4.69) is 45.5 Å². The molecule has 2 aromatic rings. The molecule has 0 saturated carbocycles. The quantitative estimate of drug-likeness (QED) is 0.417. The van der Waals surface area contributed by atoms with Crippen molar-refractivity contribution in [3.63, 3.8) is 0 Å². The van der Waals surface area contributed by atoms with Gasteiger partial charge in [0.05, 0.1) is 6.54 Å². The van der Waals surface area contributed by atoms with Crippen molar-refractivity contribution in [1.29, 1.82) is 0 Å². The Balaban J connectivity index is 0.00000243. The van der Waals surface area contributed by atoms with Crippen molar-refractivity contribution < 1.29 is 0 Å². The minimum absolute atomic E-state index is 0. The topological polar surface area (TPSA) is 43.8 Å². The molecule has 0 amide bonds. The number of benzene rings is 1. The predicted octanol–water partition coefficient (Wildman–Crippen LogP) is 3.51. The van der Waals surface area contributed by atoms with Crippen LogP contribution in [-0.4, -0.2) is 43.0 Å². The van der Waals surface area contributed by atoms with E-state index < -0.39 is 0 Å². The molecule has 1 aromatic carbocycles. The molecule has 1 aliphatic rings. The molecule has 1 saturated heterocycles. The third-order valence-electron chi connectivity index (χ3n) is 4.37. The van der Waals surface area contributed by atoms with Crippen LogP contribution >= 0.6 is 24.0 Å². The van der Waals surface area contributed by atoms with Crippen molar-refractivity contribution in [3.8, 4) is 0 Å². The van der Waals surface area contributed by atoms with Crippen molar-refractivity contribution in [2.75, 3.05) is 32.1 Å². The van der Waals surface area contributed by atoms with E-state index in [4.69, 9.17) is 4.99 Å². The van der Waals surface area contributed by atoms with E-state index >= 15 is 0 Å². The highest BCUT2D eigenvalue weighted by molar-refractivity contribution is 14.0. The molecule has 1 N–H and O–H groups in total. The number of hydrogen-bond donors (Lipinski definition) is 1. The van der Waals surface area contributed by atoms with Crippen molar-refractivity contribution in [3.05, 3.63) is 59.8 Å². The molecule has 1 fully saturated rings. The highest BCUT2D eigenvalue weighted by Crippen LogP contribution is 2.18. The Bertz CT molecular complexity index is 696. The Morgan fingerprint density at radius 2 is 1.85 bits per heavy atom. The van der Waals surface area contributed by atoms with E-state index in [9.17, 15) is 0 Å². The zero-order chi connectivity index (χ0) is 17.5. The highest BCUT2D eigenvalue weighted by Gasteiger charge is 2.13. The van der Waals surface area contributed by atoms with E-state index in [0.717, 1.165) is 31.4 Å². The van der Waals surface area contributed by atoms with Gasteiger partial charge in [-0.25, -0.2) is 9.98 Å². The van der Waals surface area contributed by atoms with E-state index in [1.54, 1.807) is 0 Å². The molecule has 140 valence electrons. The fraction of sp³-hybridized carbons (Fsp3) is 0.400. The average Bonchev–Trinajstić information content (AvgIpc) is 3.17. The van der Waals surface area contributed by atoms with Crippen LogP contribution in [0.25, 0.3) is 0 Å². The lowest BCUT2D eigenvalue weighted by Gasteiger charge is -2.18. The van der Waals surface area contributed by atoms with Crippen LogP contribution in [0, 0.1) is 0 Å². The minimum Gasteiger partial charge on any atom is -0.357 e. The van der Waals surface area contributed by atoms with Crippen LogP contribution in [0.5, 0.6) is 0 Å². The van der Waals surface area contributed by atoms with Crippen LogP contribution in [0.15, 0.2) is 53.7 Å². The molecule has 1 aromatic heterocycles. The van der Waals surface area contributed by atoms with E-state index in [-0.39, 0.29) is 24.0 Å². The smallest absolute Gasteiger partial charge is 0.194 e. The molecule has 0 atom stereocenters. The molecule has 0 radical (unpaired) electrons. The Morgan fingerprint density at radius 1 is 1.12 bits per heavy atom. The molecule has 1 aliphatic heterocycles. The van der Waals surface area contributed by atoms with Crippen LogP contribution in [-0.2, 0) is 13.1 Å². The number of halogens is 1. The number of guanidine groups is 1. The summed E-state index contributed by atoms with van der Waals surface area (Å²) in [7, 11) is 4.03. The zero-order valence-corrected chi connectivity index (χ0v) is 17.9. The molecule has 0 aliphatic carbocycles. The maximum Gasteiger partial charge on any atom is 0.194 e. The van der Waals surface area contributed by atoms with Gasteiger partial charge in [-0.2, -0.15) is 0 Å². The number of aliphatic imine (C=N–C) groups is 1. The summed E-state index contributed by atoms with van der Waals surface area (Å²) in [6, 6.07) is 14.6. The van der Waals surface area contributed by atoms with Crippen molar-refractivity contribution in [1.82, 2.24) is 15.2 Å². The Kier molecular flexibility index (Phi) is 8.15. The molecule has 3 rings (SSSR count). The predicted molar refractivity (Wildman–Crippen MR) is 119 cm³/mol. The van der Waals surface area contributed by atoms with Crippen molar-refractivity contribution in [2.24, 2.45) is 4.99 Å². The number of aromatic nitrogens is 1.